The van der Waals surface area contributed by atoms with Crippen LogP contribution < -0.4 is 10.6 Å². The van der Waals surface area contributed by atoms with E-state index < -0.39 is 0 Å². The van der Waals surface area contributed by atoms with Gasteiger partial charge in [0.25, 0.3) is 0 Å². The van der Waals surface area contributed by atoms with Crippen molar-refractivity contribution in [2.75, 3.05) is 5.75 Å². The third-order valence-electron chi connectivity index (χ3n) is 3.89. The van der Waals surface area contributed by atoms with E-state index in [0.29, 0.717) is 12.3 Å². The smallest absolute Gasteiger partial charge is 0.230 e. The number of nitrogens with one attached hydrogen (secondary N) is 2. The van der Waals surface area contributed by atoms with Crippen LogP contribution in [0.5, 0.6) is 0 Å². The Morgan fingerprint density at radius 3 is 2.79 bits per heavy atom. The number of aryl methyl sites for hydroxylation is 1. The van der Waals surface area contributed by atoms with Crippen LogP contribution in [0, 0.1) is 6.92 Å². The highest BCUT2D eigenvalue weighted by molar-refractivity contribution is 9.10. The summed E-state index contributed by atoms with van der Waals surface area (Å²) in [4.78, 5) is 13.2. The van der Waals surface area contributed by atoms with Crippen LogP contribution in [0.25, 0.3) is 0 Å². The quantitative estimate of drug-likeness (QED) is 0.703. The Bertz CT molecular complexity index is 739. The van der Waals surface area contributed by atoms with Crippen molar-refractivity contribution in [2.24, 2.45) is 0 Å². The highest BCUT2D eigenvalue weighted by Gasteiger charge is 2.10. The molecule has 1 aliphatic rings. The topological polar surface area (TPSA) is 41.1 Å². The lowest BCUT2D eigenvalue weighted by Gasteiger charge is -2.08. The molecule has 1 aliphatic heterocycles. The van der Waals surface area contributed by atoms with Gasteiger partial charge in [0.1, 0.15) is 0 Å². The molecule has 3 nitrogen and oxygen atoms in total. The summed E-state index contributed by atoms with van der Waals surface area (Å²) in [6.07, 6.45) is 0. The second-order valence-corrected chi connectivity index (χ2v) is 7.61. The van der Waals surface area contributed by atoms with Gasteiger partial charge in [0, 0.05) is 29.0 Å². The Labute approximate surface area is 161 Å². The molecule has 1 heterocycles. The number of benzene rings is 2. The van der Waals surface area contributed by atoms with Gasteiger partial charge in [-0.25, -0.2) is 0 Å². The Kier molecular flexibility index (Phi) is 7.16. The summed E-state index contributed by atoms with van der Waals surface area (Å²) in [5.74, 6) is 0.505. The third kappa shape index (κ3) is 4.99. The summed E-state index contributed by atoms with van der Waals surface area (Å²) in [5.41, 5.74) is 5.05. The van der Waals surface area contributed by atoms with E-state index in [4.69, 9.17) is 0 Å². The summed E-state index contributed by atoms with van der Waals surface area (Å²) >= 11 is 5.03. The molecule has 0 saturated carbocycles. The molecular formula is C18H20BrClN2OS. The zero-order valence-electron chi connectivity index (χ0n) is 13.4. The van der Waals surface area contributed by atoms with Gasteiger partial charge < -0.3 is 10.6 Å². The number of carbonyl (C=O) groups is 1. The van der Waals surface area contributed by atoms with Crippen molar-refractivity contribution >= 4 is 46.0 Å². The van der Waals surface area contributed by atoms with E-state index in [1.807, 2.05) is 12.1 Å². The molecule has 24 heavy (non-hydrogen) atoms. The first-order valence-electron chi connectivity index (χ1n) is 7.59. The average Bonchev–Trinajstić information content (AvgIpc) is 2.99. The minimum absolute atomic E-state index is 0. The van der Waals surface area contributed by atoms with Gasteiger partial charge in [-0.1, -0.05) is 34.1 Å². The molecule has 3 rings (SSSR count). The summed E-state index contributed by atoms with van der Waals surface area (Å²) in [6, 6.07) is 12.5. The van der Waals surface area contributed by atoms with Crippen LogP contribution in [-0.2, 0) is 24.4 Å². The van der Waals surface area contributed by atoms with Gasteiger partial charge in [0.15, 0.2) is 0 Å². The highest BCUT2D eigenvalue weighted by atomic mass is 79.9. The zero-order chi connectivity index (χ0) is 16.2. The normalized spacial score (nSPS) is 12.4. The first-order valence-corrected chi connectivity index (χ1v) is 9.37. The van der Waals surface area contributed by atoms with Crippen molar-refractivity contribution in [2.45, 2.75) is 31.5 Å². The predicted octanol–water partition coefficient (Wildman–Crippen LogP) is 4.19. The summed E-state index contributed by atoms with van der Waals surface area (Å²) in [6.45, 7) is 4.52. The lowest BCUT2D eigenvalue weighted by atomic mass is 10.1. The van der Waals surface area contributed by atoms with Crippen LogP contribution in [0.4, 0.5) is 0 Å². The number of fused-ring (bicyclic) bond motifs is 1. The van der Waals surface area contributed by atoms with Gasteiger partial charge >= 0.3 is 0 Å². The van der Waals surface area contributed by atoms with Gasteiger partial charge in [-0.15, -0.1) is 24.2 Å². The molecular weight excluding hydrogens is 408 g/mol. The lowest BCUT2D eigenvalue weighted by molar-refractivity contribution is -0.118. The lowest BCUT2D eigenvalue weighted by Crippen LogP contribution is -2.24. The molecule has 0 radical (unpaired) electrons. The molecule has 2 N–H and O–H groups in total. The van der Waals surface area contributed by atoms with Crippen LogP contribution in [0.3, 0.4) is 0 Å². The third-order valence-corrected chi connectivity index (χ3v) is 5.56. The fourth-order valence-corrected chi connectivity index (χ4v) is 3.94. The maximum Gasteiger partial charge on any atom is 0.230 e. The van der Waals surface area contributed by atoms with Crippen LogP contribution in [-0.4, -0.2) is 11.7 Å². The van der Waals surface area contributed by atoms with E-state index in [0.717, 1.165) is 28.0 Å². The van der Waals surface area contributed by atoms with Crippen molar-refractivity contribution in [3.05, 3.63) is 63.1 Å². The predicted molar refractivity (Wildman–Crippen MR) is 106 cm³/mol. The van der Waals surface area contributed by atoms with Crippen LogP contribution in [0.2, 0.25) is 0 Å². The van der Waals surface area contributed by atoms with Gasteiger partial charge in [0.05, 0.1) is 5.75 Å². The Balaban J connectivity index is 0.00000208. The SMILES string of the molecule is Cc1cc(Br)ccc1SCC(=O)NCc1ccc2c(c1)CNC2.Cl. The van der Waals surface area contributed by atoms with Gasteiger partial charge in [-0.3, -0.25) is 4.79 Å². The minimum Gasteiger partial charge on any atom is -0.351 e. The van der Waals surface area contributed by atoms with Crippen molar-refractivity contribution in [1.82, 2.24) is 10.6 Å². The molecule has 0 atom stereocenters. The molecule has 0 fully saturated rings. The van der Waals surface area contributed by atoms with Gasteiger partial charge in [-0.2, -0.15) is 0 Å². The standard InChI is InChI=1S/C18H19BrN2OS.ClH/c1-12-6-16(19)4-5-17(12)23-11-18(22)21-8-13-2-3-14-9-20-10-15(14)7-13;/h2-7,20H,8-11H2,1H3,(H,21,22);1H. The molecule has 128 valence electrons. The van der Waals surface area contributed by atoms with Crippen LogP contribution in [0.1, 0.15) is 22.3 Å². The molecule has 0 aliphatic carbocycles. The van der Waals surface area contributed by atoms with E-state index in [2.05, 4.69) is 57.8 Å². The molecule has 1 amide bonds. The molecule has 2 aromatic carbocycles. The average molecular weight is 428 g/mol. The summed E-state index contributed by atoms with van der Waals surface area (Å²) in [5, 5.41) is 6.34. The molecule has 0 spiro atoms. The maximum atomic E-state index is 12.0. The maximum absolute atomic E-state index is 12.0. The van der Waals surface area contributed by atoms with E-state index in [1.54, 1.807) is 11.8 Å². The second-order valence-electron chi connectivity index (χ2n) is 5.68. The minimum atomic E-state index is 0. The van der Waals surface area contributed by atoms with E-state index in [9.17, 15) is 4.79 Å². The number of carbonyl (C=O) groups excluding carboxylic acids is 1. The summed E-state index contributed by atoms with van der Waals surface area (Å²) < 4.78 is 1.06. The van der Waals surface area contributed by atoms with E-state index in [1.165, 1.54) is 16.7 Å². The fraction of sp³-hybridized carbons (Fsp3) is 0.278. The first kappa shape index (κ1) is 19.3. The molecule has 0 saturated heterocycles. The van der Waals surface area contributed by atoms with Crippen molar-refractivity contribution in [3.8, 4) is 0 Å². The fourth-order valence-electron chi connectivity index (χ4n) is 2.63. The molecule has 6 heteroatoms. The van der Waals surface area contributed by atoms with Crippen molar-refractivity contribution in [3.63, 3.8) is 0 Å². The Hall–Kier alpha value is -1.01. The number of hydrogen-bond acceptors (Lipinski definition) is 3. The number of halogens is 2. The van der Waals surface area contributed by atoms with E-state index in [-0.39, 0.29) is 18.3 Å². The molecule has 2 aromatic rings. The first-order chi connectivity index (χ1) is 11.1. The number of amides is 1. The van der Waals surface area contributed by atoms with Crippen LogP contribution in [0.15, 0.2) is 45.8 Å². The van der Waals surface area contributed by atoms with Crippen molar-refractivity contribution in [1.29, 1.82) is 0 Å². The van der Waals surface area contributed by atoms with Crippen molar-refractivity contribution < 1.29 is 4.79 Å². The van der Waals surface area contributed by atoms with E-state index >= 15 is 0 Å². The molecule has 0 aromatic heterocycles. The Morgan fingerprint density at radius 2 is 2.00 bits per heavy atom. The number of rotatable bonds is 5. The number of thioether (sulfide) groups is 1. The second kappa shape index (κ2) is 8.90. The zero-order valence-corrected chi connectivity index (χ0v) is 16.6. The summed E-state index contributed by atoms with van der Waals surface area (Å²) in [7, 11) is 0. The number of hydrogen-bond donors (Lipinski definition) is 2. The van der Waals surface area contributed by atoms with Gasteiger partial charge in [-0.05, 0) is 47.4 Å². The van der Waals surface area contributed by atoms with Gasteiger partial charge in [0.2, 0.25) is 5.91 Å². The molecule has 0 unspecified atom stereocenters. The molecule has 0 bridgehead atoms. The largest absolute Gasteiger partial charge is 0.351 e. The monoisotopic (exact) mass is 426 g/mol. The van der Waals surface area contributed by atoms with Crippen LogP contribution >= 0.6 is 40.1 Å². The Morgan fingerprint density at radius 1 is 1.21 bits per heavy atom. The highest BCUT2D eigenvalue weighted by Crippen LogP contribution is 2.25.